The standard InChI is InChI=1S/C12H21ClN4O2/c1-5-9(6-2)17(8-7-13)10-14-11(18-3)16-12(15-10)19-4/h9H,5-8H2,1-4H3. The van der Waals surface area contributed by atoms with Gasteiger partial charge < -0.3 is 14.4 Å². The zero-order valence-electron chi connectivity index (χ0n) is 11.9. The highest BCUT2D eigenvalue weighted by Gasteiger charge is 2.20. The summed E-state index contributed by atoms with van der Waals surface area (Å²) in [6, 6.07) is 0.815. The average Bonchev–Trinajstić information content (AvgIpc) is 2.46. The third-order valence-electron chi connectivity index (χ3n) is 2.91. The Bertz CT molecular complexity index is 366. The number of methoxy groups -OCH3 is 2. The van der Waals surface area contributed by atoms with E-state index in [1.807, 2.05) is 0 Å². The lowest BCUT2D eigenvalue weighted by Gasteiger charge is -2.29. The van der Waals surface area contributed by atoms with E-state index in [0.717, 1.165) is 12.8 Å². The van der Waals surface area contributed by atoms with Gasteiger partial charge in [0.1, 0.15) is 0 Å². The molecule has 0 saturated heterocycles. The van der Waals surface area contributed by atoms with Gasteiger partial charge in [0.05, 0.1) is 14.2 Å². The van der Waals surface area contributed by atoms with Gasteiger partial charge >= 0.3 is 12.0 Å². The SMILES string of the molecule is CCC(CC)N(CCCl)c1nc(OC)nc(OC)n1. The lowest BCUT2D eigenvalue weighted by molar-refractivity contribution is 0.339. The molecular weight excluding hydrogens is 268 g/mol. The number of ether oxygens (including phenoxy) is 2. The number of halogens is 1. The summed E-state index contributed by atoms with van der Waals surface area (Å²) in [4.78, 5) is 14.6. The third-order valence-corrected chi connectivity index (χ3v) is 3.08. The molecule has 1 heterocycles. The summed E-state index contributed by atoms with van der Waals surface area (Å²) in [6.45, 7) is 4.93. The molecule has 0 unspecified atom stereocenters. The number of hydrogen-bond acceptors (Lipinski definition) is 6. The van der Waals surface area contributed by atoms with E-state index >= 15 is 0 Å². The summed E-state index contributed by atoms with van der Waals surface area (Å²) in [5, 5.41) is 0. The van der Waals surface area contributed by atoms with Crippen molar-refractivity contribution in [2.24, 2.45) is 0 Å². The predicted octanol–water partition coefficient (Wildman–Crippen LogP) is 2.12. The molecule has 6 nitrogen and oxygen atoms in total. The average molecular weight is 289 g/mol. The summed E-state index contributed by atoms with van der Waals surface area (Å²) in [7, 11) is 3.03. The quantitative estimate of drug-likeness (QED) is 0.683. The molecule has 0 radical (unpaired) electrons. The lowest BCUT2D eigenvalue weighted by Crippen LogP contribution is -2.37. The first kappa shape index (κ1) is 15.8. The first-order valence-corrected chi connectivity index (χ1v) is 6.90. The van der Waals surface area contributed by atoms with Crippen molar-refractivity contribution in [3.8, 4) is 12.0 Å². The van der Waals surface area contributed by atoms with Crippen molar-refractivity contribution in [2.45, 2.75) is 32.7 Å². The fourth-order valence-corrected chi connectivity index (χ4v) is 2.09. The summed E-state index contributed by atoms with van der Waals surface area (Å²) < 4.78 is 10.1. The van der Waals surface area contributed by atoms with Crippen LogP contribution in [0, 0.1) is 0 Å². The summed E-state index contributed by atoms with van der Waals surface area (Å²) in [6.07, 6.45) is 1.98. The molecule has 1 rings (SSSR count). The molecule has 1 aromatic heterocycles. The van der Waals surface area contributed by atoms with Crippen LogP contribution in [0.1, 0.15) is 26.7 Å². The second kappa shape index (κ2) is 7.99. The van der Waals surface area contributed by atoms with Crippen LogP contribution in [-0.4, -0.2) is 47.6 Å². The van der Waals surface area contributed by atoms with Crippen LogP contribution >= 0.6 is 11.6 Å². The van der Waals surface area contributed by atoms with E-state index in [1.54, 1.807) is 0 Å². The van der Waals surface area contributed by atoms with Gasteiger partial charge in [0, 0.05) is 18.5 Å². The van der Waals surface area contributed by atoms with Crippen molar-refractivity contribution in [3.05, 3.63) is 0 Å². The van der Waals surface area contributed by atoms with Crippen molar-refractivity contribution in [1.29, 1.82) is 0 Å². The van der Waals surface area contributed by atoms with Crippen LogP contribution in [-0.2, 0) is 0 Å². The molecule has 0 aliphatic heterocycles. The molecule has 0 aliphatic rings. The maximum atomic E-state index is 5.88. The largest absolute Gasteiger partial charge is 0.467 e. The van der Waals surface area contributed by atoms with Gasteiger partial charge in [0.25, 0.3) is 0 Å². The number of rotatable bonds is 8. The molecule has 0 N–H and O–H groups in total. The predicted molar refractivity (Wildman–Crippen MR) is 75.4 cm³/mol. The van der Waals surface area contributed by atoms with Crippen LogP contribution in [0.2, 0.25) is 0 Å². The monoisotopic (exact) mass is 288 g/mol. The molecular formula is C12H21ClN4O2. The van der Waals surface area contributed by atoms with Gasteiger partial charge in [0.15, 0.2) is 0 Å². The Labute approximate surface area is 119 Å². The third kappa shape index (κ3) is 4.09. The number of anilines is 1. The first-order chi connectivity index (χ1) is 9.19. The zero-order valence-corrected chi connectivity index (χ0v) is 12.6. The van der Waals surface area contributed by atoms with E-state index in [2.05, 4.69) is 33.7 Å². The normalized spacial score (nSPS) is 10.6. The van der Waals surface area contributed by atoms with Crippen LogP contribution in [0.25, 0.3) is 0 Å². The Morgan fingerprint density at radius 3 is 1.95 bits per heavy atom. The van der Waals surface area contributed by atoms with Gasteiger partial charge in [-0.05, 0) is 12.8 Å². The van der Waals surface area contributed by atoms with Crippen LogP contribution in [0.4, 0.5) is 5.95 Å². The summed E-state index contributed by atoms with van der Waals surface area (Å²) in [5.41, 5.74) is 0. The molecule has 0 fully saturated rings. The van der Waals surface area contributed by atoms with E-state index in [1.165, 1.54) is 14.2 Å². The molecule has 108 valence electrons. The molecule has 7 heteroatoms. The van der Waals surface area contributed by atoms with Gasteiger partial charge in [-0.2, -0.15) is 9.97 Å². The molecule has 0 atom stereocenters. The van der Waals surface area contributed by atoms with E-state index in [9.17, 15) is 0 Å². The molecule has 1 aromatic rings. The molecule has 0 bridgehead atoms. The summed E-state index contributed by atoms with van der Waals surface area (Å²) >= 11 is 5.88. The van der Waals surface area contributed by atoms with E-state index in [-0.39, 0.29) is 12.0 Å². The minimum absolute atomic E-state index is 0.243. The smallest absolute Gasteiger partial charge is 0.324 e. The Balaban J connectivity index is 3.12. The molecule has 0 spiro atoms. The minimum atomic E-state index is 0.243. The highest BCUT2D eigenvalue weighted by atomic mass is 35.5. The van der Waals surface area contributed by atoms with Crippen LogP contribution < -0.4 is 14.4 Å². The molecule has 0 aliphatic carbocycles. The second-order valence-electron chi connectivity index (χ2n) is 3.96. The molecule has 19 heavy (non-hydrogen) atoms. The van der Waals surface area contributed by atoms with Crippen molar-refractivity contribution >= 4 is 17.5 Å². The molecule has 0 saturated carbocycles. The fraction of sp³-hybridized carbons (Fsp3) is 0.750. The zero-order chi connectivity index (χ0) is 14.3. The van der Waals surface area contributed by atoms with Gasteiger partial charge in [-0.15, -0.1) is 16.6 Å². The van der Waals surface area contributed by atoms with Crippen LogP contribution in [0.3, 0.4) is 0 Å². The Hall–Kier alpha value is -1.30. The summed E-state index contributed by atoms with van der Waals surface area (Å²) in [5.74, 6) is 1.05. The highest BCUT2D eigenvalue weighted by Crippen LogP contribution is 2.20. The van der Waals surface area contributed by atoms with E-state index in [4.69, 9.17) is 21.1 Å². The van der Waals surface area contributed by atoms with Gasteiger partial charge in [0.2, 0.25) is 5.95 Å². The topological polar surface area (TPSA) is 60.4 Å². The number of alkyl halides is 1. The number of hydrogen-bond donors (Lipinski definition) is 0. The van der Waals surface area contributed by atoms with Crippen molar-refractivity contribution in [3.63, 3.8) is 0 Å². The fourth-order valence-electron chi connectivity index (χ4n) is 1.91. The van der Waals surface area contributed by atoms with Gasteiger partial charge in [-0.1, -0.05) is 13.8 Å². The van der Waals surface area contributed by atoms with Crippen molar-refractivity contribution in [2.75, 3.05) is 31.5 Å². The number of nitrogens with zero attached hydrogens (tertiary/aromatic N) is 4. The maximum absolute atomic E-state index is 5.88. The van der Waals surface area contributed by atoms with Gasteiger partial charge in [-0.25, -0.2) is 0 Å². The van der Waals surface area contributed by atoms with E-state index in [0.29, 0.717) is 24.4 Å². The van der Waals surface area contributed by atoms with Gasteiger partial charge in [-0.3, -0.25) is 0 Å². The van der Waals surface area contributed by atoms with Crippen LogP contribution in [0.15, 0.2) is 0 Å². The molecule has 0 amide bonds. The van der Waals surface area contributed by atoms with Crippen molar-refractivity contribution < 1.29 is 9.47 Å². The van der Waals surface area contributed by atoms with Crippen molar-refractivity contribution in [1.82, 2.24) is 15.0 Å². The highest BCUT2D eigenvalue weighted by molar-refractivity contribution is 6.18. The minimum Gasteiger partial charge on any atom is -0.467 e. The Morgan fingerprint density at radius 1 is 1.05 bits per heavy atom. The van der Waals surface area contributed by atoms with E-state index < -0.39 is 0 Å². The maximum Gasteiger partial charge on any atom is 0.324 e. The van der Waals surface area contributed by atoms with Crippen LogP contribution in [0.5, 0.6) is 12.0 Å². The second-order valence-corrected chi connectivity index (χ2v) is 4.34. The Kier molecular flexibility index (Phi) is 6.62. The molecule has 0 aromatic carbocycles. The first-order valence-electron chi connectivity index (χ1n) is 6.36. The Morgan fingerprint density at radius 2 is 1.58 bits per heavy atom. The number of aromatic nitrogens is 3. The lowest BCUT2D eigenvalue weighted by atomic mass is 10.1.